The van der Waals surface area contributed by atoms with Crippen LogP contribution in [-0.4, -0.2) is 53.5 Å². The van der Waals surface area contributed by atoms with Gasteiger partial charge in [0, 0.05) is 18.5 Å². The Labute approximate surface area is 128 Å². The first-order valence-corrected chi connectivity index (χ1v) is 7.87. The fourth-order valence-corrected chi connectivity index (χ4v) is 3.81. The van der Waals surface area contributed by atoms with Crippen molar-refractivity contribution in [3.8, 4) is 0 Å². The van der Waals surface area contributed by atoms with Gasteiger partial charge in [-0.3, -0.25) is 4.79 Å². The lowest BCUT2D eigenvalue weighted by atomic mass is 9.72. The average molecular weight is 323 g/mol. The molecule has 1 aliphatic carbocycles. The van der Waals surface area contributed by atoms with Gasteiger partial charge in [-0.1, -0.05) is 12.8 Å². The lowest BCUT2D eigenvalue weighted by Gasteiger charge is -2.43. The summed E-state index contributed by atoms with van der Waals surface area (Å²) in [5.41, 5.74) is -0.807. The number of hydrogen-bond acceptors (Lipinski definition) is 3. The summed E-state index contributed by atoms with van der Waals surface area (Å²) >= 11 is 0. The normalized spacial score (nSPS) is 33.2. The summed E-state index contributed by atoms with van der Waals surface area (Å²) in [7, 11) is 0. The van der Waals surface area contributed by atoms with Crippen LogP contribution in [0.2, 0.25) is 0 Å². The van der Waals surface area contributed by atoms with Crippen molar-refractivity contribution < 1.29 is 27.8 Å². The predicted molar refractivity (Wildman–Crippen MR) is 74.2 cm³/mol. The third-order valence-corrected chi connectivity index (χ3v) is 4.82. The van der Waals surface area contributed by atoms with E-state index in [9.17, 15) is 23.1 Å². The number of ether oxygens (including phenoxy) is 1. The number of rotatable bonds is 4. The van der Waals surface area contributed by atoms with Crippen LogP contribution in [0.4, 0.5) is 13.2 Å². The van der Waals surface area contributed by atoms with Crippen molar-refractivity contribution in [1.29, 1.82) is 0 Å². The van der Waals surface area contributed by atoms with E-state index in [2.05, 4.69) is 4.74 Å². The van der Waals surface area contributed by atoms with Crippen LogP contribution in [0.3, 0.4) is 0 Å². The Kier molecular flexibility index (Phi) is 5.37. The van der Waals surface area contributed by atoms with Gasteiger partial charge in [-0.2, -0.15) is 13.2 Å². The zero-order chi connectivity index (χ0) is 16.4. The van der Waals surface area contributed by atoms with E-state index < -0.39 is 30.9 Å². The monoisotopic (exact) mass is 323 g/mol. The van der Waals surface area contributed by atoms with E-state index in [0.717, 1.165) is 32.1 Å². The molecule has 4 nitrogen and oxygen atoms in total. The van der Waals surface area contributed by atoms with E-state index in [1.54, 1.807) is 11.8 Å². The Morgan fingerprint density at radius 3 is 2.68 bits per heavy atom. The van der Waals surface area contributed by atoms with E-state index in [-0.39, 0.29) is 12.0 Å². The molecule has 2 rings (SSSR count). The van der Waals surface area contributed by atoms with Gasteiger partial charge in [0.25, 0.3) is 0 Å². The fourth-order valence-electron chi connectivity index (χ4n) is 3.81. The molecule has 1 N–H and O–H groups in total. The zero-order valence-corrected chi connectivity index (χ0v) is 12.9. The quantitative estimate of drug-likeness (QED) is 0.865. The van der Waals surface area contributed by atoms with Gasteiger partial charge in [-0.15, -0.1) is 0 Å². The minimum absolute atomic E-state index is 0.00434. The molecule has 0 aromatic carbocycles. The number of hydrogen-bond donors (Lipinski definition) is 1. The van der Waals surface area contributed by atoms with Crippen LogP contribution < -0.4 is 0 Å². The molecular weight excluding hydrogens is 299 g/mol. The van der Waals surface area contributed by atoms with Crippen LogP contribution in [0.1, 0.15) is 45.4 Å². The highest BCUT2D eigenvalue weighted by Gasteiger charge is 2.44. The molecule has 128 valence electrons. The first kappa shape index (κ1) is 17.5. The van der Waals surface area contributed by atoms with Crippen molar-refractivity contribution in [1.82, 2.24) is 4.90 Å². The second-order valence-electron chi connectivity index (χ2n) is 6.61. The van der Waals surface area contributed by atoms with Crippen LogP contribution in [-0.2, 0) is 9.53 Å². The molecule has 2 fully saturated rings. The van der Waals surface area contributed by atoms with Gasteiger partial charge in [-0.25, -0.2) is 0 Å². The minimum Gasteiger partial charge on any atom is -0.390 e. The first-order chi connectivity index (χ1) is 10.2. The van der Waals surface area contributed by atoms with Crippen LogP contribution in [0.15, 0.2) is 0 Å². The highest BCUT2D eigenvalue weighted by atomic mass is 19.4. The summed E-state index contributed by atoms with van der Waals surface area (Å²) < 4.78 is 40.7. The lowest BCUT2D eigenvalue weighted by molar-refractivity contribution is -0.178. The van der Waals surface area contributed by atoms with Crippen molar-refractivity contribution in [2.45, 2.75) is 63.3 Å². The lowest BCUT2D eigenvalue weighted by Crippen LogP contribution is -2.51. The van der Waals surface area contributed by atoms with E-state index in [4.69, 9.17) is 0 Å². The van der Waals surface area contributed by atoms with Crippen molar-refractivity contribution >= 4 is 5.91 Å². The average Bonchev–Trinajstić information content (AvgIpc) is 2.85. The molecule has 1 aliphatic heterocycles. The molecule has 3 atom stereocenters. The highest BCUT2D eigenvalue weighted by molar-refractivity contribution is 5.78. The van der Waals surface area contributed by atoms with Gasteiger partial charge in [0.2, 0.25) is 5.91 Å². The number of likely N-dealkylation sites (tertiary alicyclic amines) is 1. The second-order valence-corrected chi connectivity index (χ2v) is 6.61. The molecule has 1 heterocycles. The SMILES string of the molecule is CC1(O)CCCCC1C1CCCN1C(=O)COCC(F)(F)F. The zero-order valence-electron chi connectivity index (χ0n) is 12.9. The van der Waals surface area contributed by atoms with Gasteiger partial charge < -0.3 is 14.7 Å². The molecule has 0 bridgehead atoms. The van der Waals surface area contributed by atoms with E-state index in [1.807, 2.05) is 0 Å². The number of alkyl halides is 3. The first-order valence-electron chi connectivity index (χ1n) is 7.87. The summed E-state index contributed by atoms with van der Waals surface area (Å²) in [5.74, 6) is -0.413. The Balaban J connectivity index is 1.93. The summed E-state index contributed by atoms with van der Waals surface area (Å²) in [5, 5.41) is 10.6. The number of carbonyl (C=O) groups excluding carboxylic acids is 1. The number of nitrogens with zero attached hydrogens (tertiary/aromatic N) is 1. The third-order valence-electron chi connectivity index (χ3n) is 4.82. The molecule has 0 radical (unpaired) electrons. The van der Waals surface area contributed by atoms with Gasteiger partial charge in [-0.05, 0) is 32.6 Å². The topological polar surface area (TPSA) is 49.8 Å². The van der Waals surface area contributed by atoms with E-state index in [0.29, 0.717) is 13.0 Å². The molecule has 22 heavy (non-hydrogen) atoms. The predicted octanol–water partition coefficient (Wildman–Crippen LogP) is 2.50. The van der Waals surface area contributed by atoms with Crippen LogP contribution in [0, 0.1) is 5.92 Å². The Morgan fingerprint density at radius 1 is 1.32 bits per heavy atom. The standard InChI is InChI=1S/C15H24F3NO3/c1-14(21)7-3-2-5-11(14)12-6-4-8-19(12)13(20)9-22-10-15(16,17)18/h11-12,21H,2-10H2,1H3. The molecule has 1 saturated heterocycles. The second kappa shape index (κ2) is 6.74. The van der Waals surface area contributed by atoms with Gasteiger partial charge in [0.1, 0.15) is 13.2 Å². The maximum Gasteiger partial charge on any atom is 0.411 e. The van der Waals surface area contributed by atoms with Crippen LogP contribution in [0.5, 0.6) is 0 Å². The summed E-state index contributed by atoms with van der Waals surface area (Å²) in [6.45, 7) is 0.382. The van der Waals surface area contributed by atoms with E-state index in [1.165, 1.54) is 0 Å². The molecule has 2 aliphatic rings. The Morgan fingerprint density at radius 2 is 2.05 bits per heavy atom. The molecule has 1 amide bonds. The molecule has 7 heteroatoms. The van der Waals surface area contributed by atoms with Crippen molar-refractivity contribution in [2.75, 3.05) is 19.8 Å². The largest absolute Gasteiger partial charge is 0.411 e. The Bertz CT molecular complexity index is 398. The molecule has 0 aromatic heterocycles. The summed E-state index contributed by atoms with van der Waals surface area (Å²) in [6, 6.07) is -0.0858. The number of carbonyl (C=O) groups is 1. The van der Waals surface area contributed by atoms with Crippen LogP contribution >= 0.6 is 0 Å². The van der Waals surface area contributed by atoms with Gasteiger partial charge >= 0.3 is 6.18 Å². The van der Waals surface area contributed by atoms with Crippen molar-refractivity contribution in [3.63, 3.8) is 0 Å². The van der Waals surface area contributed by atoms with Crippen molar-refractivity contribution in [3.05, 3.63) is 0 Å². The molecule has 0 aromatic rings. The maximum atomic E-state index is 12.1. The molecular formula is C15H24F3NO3. The summed E-state index contributed by atoms with van der Waals surface area (Å²) in [6.07, 6.45) is 0.750. The minimum atomic E-state index is -4.42. The number of aliphatic hydroxyl groups is 1. The Hall–Kier alpha value is -0.820. The third kappa shape index (κ3) is 4.35. The number of halogens is 3. The molecule has 3 unspecified atom stereocenters. The van der Waals surface area contributed by atoms with Crippen molar-refractivity contribution in [2.24, 2.45) is 5.92 Å². The van der Waals surface area contributed by atoms with Gasteiger partial charge in [0.05, 0.1) is 5.60 Å². The summed E-state index contributed by atoms with van der Waals surface area (Å²) in [4.78, 5) is 13.8. The van der Waals surface area contributed by atoms with Gasteiger partial charge in [0.15, 0.2) is 0 Å². The highest BCUT2D eigenvalue weighted by Crippen LogP contribution is 2.40. The smallest absolute Gasteiger partial charge is 0.390 e. The molecule has 1 saturated carbocycles. The maximum absolute atomic E-state index is 12.1. The molecule has 0 spiro atoms. The fraction of sp³-hybridized carbons (Fsp3) is 0.933. The van der Waals surface area contributed by atoms with E-state index >= 15 is 0 Å². The van der Waals surface area contributed by atoms with Crippen LogP contribution in [0.25, 0.3) is 0 Å². The number of amides is 1.